The Morgan fingerprint density at radius 2 is 1.97 bits per heavy atom. The minimum atomic E-state index is 0. The van der Waals surface area contributed by atoms with Gasteiger partial charge in [-0.3, -0.25) is 4.99 Å². The predicted octanol–water partition coefficient (Wildman–Crippen LogP) is 3.22. The third-order valence-corrected chi connectivity index (χ3v) is 4.49. The second-order valence-corrected chi connectivity index (χ2v) is 6.74. The monoisotopic (exact) mass is 523 g/mol. The van der Waals surface area contributed by atoms with E-state index in [-0.39, 0.29) is 24.0 Å². The topological polar surface area (TPSA) is 93.2 Å². The Labute approximate surface area is 194 Å². The molecule has 0 radical (unpaired) electrons. The maximum atomic E-state index is 5.62. The Morgan fingerprint density at radius 3 is 2.70 bits per heavy atom. The van der Waals surface area contributed by atoms with Crippen molar-refractivity contribution in [2.75, 3.05) is 19.6 Å². The summed E-state index contributed by atoms with van der Waals surface area (Å²) in [5.41, 5.74) is 3.10. The van der Waals surface area contributed by atoms with Crippen LogP contribution >= 0.6 is 24.0 Å². The average molecular weight is 523 g/mol. The largest absolute Gasteiger partial charge is 0.444 e. The molecule has 2 aromatic heterocycles. The summed E-state index contributed by atoms with van der Waals surface area (Å²) in [5, 5.41) is 14.7. The van der Waals surface area contributed by atoms with Crippen LogP contribution in [0, 0.1) is 6.92 Å². The van der Waals surface area contributed by atoms with Gasteiger partial charge in [0.25, 0.3) is 0 Å². The maximum absolute atomic E-state index is 5.62. The van der Waals surface area contributed by atoms with Gasteiger partial charge in [0.2, 0.25) is 5.89 Å². The Hall–Kier alpha value is -2.43. The number of guanidine groups is 1. The van der Waals surface area contributed by atoms with Crippen LogP contribution in [-0.2, 0) is 19.4 Å². The van der Waals surface area contributed by atoms with Crippen LogP contribution in [0.1, 0.15) is 30.9 Å². The molecule has 0 aliphatic rings. The first-order chi connectivity index (χ1) is 14.2. The van der Waals surface area contributed by atoms with E-state index in [2.05, 4.69) is 68.3 Å². The molecule has 0 aliphatic carbocycles. The minimum absolute atomic E-state index is 0. The number of hydrogen-bond acceptors (Lipinski definition) is 5. The number of benzene rings is 1. The van der Waals surface area contributed by atoms with E-state index in [1.165, 1.54) is 5.56 Å². The van der Waals surface area contributed by atoms with Gasteiger partial charge in [-0.1, -0.05) is 24.6 Å². The molecule has 0 unspecified atom stereocenters. The zero-order valence-corrected chi connectivity index (χ0v) is 20.1. The van der Waals surface area contributed by atoms with E-state index in [1.54, 1.807) is 12.6 Å². The number of oxazole rings is 1. The molecule has 8 nitrogen and oxygen atoms in total. The van der Waals surface area contributed by atoms with Gasteiger partial charge in [-0.15, -0.1) is 34.2 Å². The van der Waals surface area contributed by atoms with Crippen molar-refractivity contribution in [3.8, 4) is 11.5 Å². The zero-order valence-electron chi connectivity index (χ0n) is 17.8. The molecule has 30 heavy (non-hydrogen) atoms. The second-order valence-electron chi connectivity index (χ2n) is 6.74. The van der Waals surface area contributed by atoms with Crippen LogP contribution in [0.15, 0.2) is 46.3 Å². The van der Waals surface area contributed by atoms with Gasteiger partial charge in [0.05, 0.1) is 5.69 Å². The quantitative estimate of drug-likeness (QED) is 0.254. The van der Waals surface area contributed by atoms with Crippen molar-refractivity contribution >= 4 is 29.9 Å². The summed E-state index contributed by atoms with van der Waals surface area (Å²) in [6.45, 7) is 9.17. The van der Waals surface area contributed by atoms with Crippen LogP contribution in [0.2, 0.25) is 0 Å². The summed E-state index contributed by atoms with van der Waals surface area (Å²) < 4.78 is 7.67. The lowest BCUT2D eigenvalue weighted by atomic mass is 10.1. The lowest BCUT2D eigenvalue weighted by Crippen LogP contribution is -2.39. The number of nitrogens with zero attached hydrogens (tertiary/aromatic N) is 5. The number of halogens is 1. The standard InChI is InChI=1S/C21H29N7O.HI/c1-4-19-27-25-15-28(19)13-12-24-21(22-5-2)23-11-10-18-14-29-20(26-18)17-8-6-16(3)7-9-17;/h6-9,14-15H,4-5,10-13H2,1-3H3,(H2,22,23,24);1H. The van der Waals surface area contributed by atoms with E-state index < -0.39 is 0 Å². The molecular weight excluding hydrogens is 493 g/mol. The number of aliphatic imine (C=N–C) groups is 1. The Kier molecular flexibility index (Phi) is 9.78. The first-order valence-electron chi connectivity index (χ1n) is 10.1. The number of aryl methyl sites for hydroxylation is 2. The first kappa shape index (κ1) is 23.8. The van der Waals surface area contributed by atoms with Crippen molar-refractivity contribution in [1.82, 2.24) is 30.4 Å². The molecule has 0 saturated heterocycles. The lowest BCUT2D eigenvalue weighted by Gasteiger charge is -2.12. The molecule has 0 bridgehead atoms. The van der Waals surface area contributed by atoms with Crippen LogP contribution in [0.3, 0.4) is 0 Å². The maximum Gasteiger partial charge on any atom is 0.226 e. The fourth-order valence-corrected chi connectivity index (χ4v) is 2.91. The molecule has 0 aliphatic heterocycles. The summed E-state index contributed by atoms with van der Waals surface area (Å²) in [6, 6.07) is 8.16. The highest BCUT2D eigenvalue weighted by molar-refractivity contribution is 14.0. The molecule has 0 atom stereocenters. The van der Waals surface area contributed by atoms with Gasteiger partial charge in [-0.2, -0.15) is 0 Å². The Balaban J connectivity index is 0.00000320. The molecule has 0 saturated carbocycles. The molecular formula is C21H30IN7O. The fourth-order valence-electron chi connectivity index (χ4n) is 2.91. The van der Waals surface area contributed by atoms with Gasteiger partial charge in [0, 0.05) is 44.6 Å². The van der Waals surface area contributed by atoms with Gasteiger partial charge in [-0.25, -0.2) is 4.98 Å². The average Bonchev–Trinajstić information content (AvgIpc) is 3.38. The predicted molar refractivity (Wildman–Crippen MR) is 129 cm³/mol. The van der Waals surface area contributed by atoms with E-state index in [0.29, 0.717) is 12.4 Å². The molecule has 2 N–H and O–H groups in total. The number of hydrogen-bond donors (Lipinski definition) is 2. The number of rotatable bonds is 9. The van der Waals surface area contributed by atoms with Crippen molar-refractivity contribution in [3.05, 3.63) is 53.9 Å². The SMILES string of the molecule is CCNC(=NCCc1coc(-c2ccc(C)cc2)n1)NCCn1cnnc1CC.I. The molecule has 3 rings (SSSR count). The normalized spacial score (nSPS) is 11.2. The van der Waals surface area contributed by atoms with Gasteiger partial charge in [0.15, 0.2) is 5.96 Å². The lowest BCUT2D eigenvalue weighted by molar-refractivity contribution is 0.572. The Morgan fingerprint density at radius 1 is 1.17 bits per heavy atom. The zero-order chi connectivity index (χ0) is 20.5. The van der Waals surface area contributed by atoms with Crippen LogP contribution in [0.5, 0.6) is 0 Å². The van der Waals surface area contributed by atoms with Crippen molar-refractivity contribution < 1.29 is 4.42 Å². The third-order valence-electron chi connectivity index (χ3n) is 4.49. The molecule has 0 spiro atoms. The second kappa shape index (κ2) is 12.3. The smallest absolute Gasteiger partial charge is 0.226 e. The molecule has 1 aromatic carbocycles. The van der Waals surface area contributed by atoms with Crippen molar-refractivity contribution in [1.29, 1.82) is 0 Å². The molecule has 3 aromatic rings. The fraction of sp³-hybridized carbons (Fsp3) is 0.429. The molecule has 2 heterocycles. The van der Waals surface area contributed by atoms with E-state index >= 15 is 0 Å². The summed E-state index contributed by atoms with van der Waals surface area (Å²) in [7, 11) is 0. The van der Waals surface area contributed by atoms with Gasteiger partial charge in [-0.05, 0) is 26.0 Å². The van der Waals surface area contributed by atoms with E-state index in [4.69, 9.17) is 4.42 Å². The van der Waals surface area contributed by atoms with Crippen molar-refractivity contribution in [2.45, 2.75) is 40.2 Å². The van der Waals surface area contributed by atoms with Gasteiger partial charge < -0.3 is 19.6 Å². The third kappa shape index (κ3) is 6.82. The number of nitrogens with one attached hydrogen (secondary N) is 2. The highest BCUT2D eigenvalue weighted by Gasteiger charge is 2.07. The molecule has 0 fully saturated rings. The van der Waals surface area contributed by atoms with E-state index in [0.717, 1.165) is 55.5 Å². The summed E-state index contributed by atoms with van der Waals surface area (Å²) in [6.07, 6.45) is 5.07. The number of aromatic nitrogens is 4. The summed E-state index contributed by atoms with van der Waals surface area (Å²) >= 11 is 0. The van der Waals surface area contributed by atoms with Crippen molar-refractivity contribution in [2.24, 2.45) is 4.99 Å². The van der Waals surface area contributed by atoms with Gasteiger partial charge in [0.1, 0.15) is 18.4 Å². The summed E-state index contributed by atoms with van der Waals surface area (Å²) in [5.74, 6) is 2.43. The van der Waals surface area contributed by atoms with Gasteiger partial charge >= 0.3 is 0 Å². The van der Waals surface area contributed by atoms with E-state index in [9.17, 15) is 0 Å². The van der Waals surface area contributed by atoms with E-state index in [1.807, 2.05) is 12.1 Å². The summed E-state index contributed by atoms with van der Waals surface area (Å²) in [4.78, 5) is 9.21. The molecule has 9 heteroatoms. The van der Waals surface area contributed by atoms with Crippen LogP contribution < -0.4 is 10.6 Å². The molecule has 0 amide bonds. The Bertz CT molecular complexity index is 918. The van der Waals surface area contributed by atoms with Crippen LogP contribution in [0.4, 0.5) is 0 Å². The van der Waals surface area contributed by atoms with Crippen LogP contribution in [0.25, 0.3) is 11.5 Å². The van der Waals surface area contributed by atoms with Crippen molar-refractivity contribution in [3.63, 3.8) is 0 Å². The highest BCUT2D eigenvalue weighted by Crippen LogP contribution is 2.19. The molecule has 162 valence electrons. The highest BCUT2D eigenvalue weighted by atomic mass is 127. The first-order valence-corrected chi connectivity index (χ1v) is 10.1. The van der Waals surface area contributed by atoms with Crippen LogP contribution in [-0.4, -0.2) is 45.3 Å². The minimum Gasteiger partial charge on any atom is -0.444 e.